The Kier molecular flexibility index (Phi) is 4.38. The van der Waals surface area contributed by atoms with Crippen LogP contribution in [0.15, 0.2) is 29.2 Å². The first-order valence-electron chi connectivity index (χ1n) is 6.75. The third-order valence-electron chi connectivity index (χ3n) is 3.91. The van der Waals surface area contributed by atoms with Crippen LogP contribution in [0.3, 0.4) is 0 Å². The Morgan fingerprint density at radius 2 is 1.90 bits per heavy atom. The molecular weight excluding hydrogens is 310 g/mol. The molecule has 21 heavy (non-hydrogen) atoms. The molecule has 0 saturated carbocycles. The summed E-state index contributed by atoms with van der Waals surface area (Å²) in [5, 5.41) is 0.667. The monoisotopic (exact) mass is 329 g/mol. The van der Waals surface area contributed by atoms with Gasteiger partial charge in [0.2, 0.25) is 0 Å². The van der Waals surface area contributed by atoms with E-state index in [9.17, 15) is 8.42 Å². The highest BCUT2D eigenvalue weighted by Gasteiger charge is 2.24. The van der Waals surface area contributed by atoms with E-state index in [-0.39, 0.29) is 10.5 Å². The van der Waals surface area contributed by atoms with Gasteiger partial charge in [0, 0.05) is 40.9 Å². The number of methoxy groups -OCH3 is 1. The van der Waals surface area contributed by atoms with Gasteiger partial charge in [0.05, 0.1) is 5.60 Å². The first kappa shape index (κ1) is 16.3. The number of hydrogen-bond donors (Lipinski definition) is 0. The molecule has 0 aliphatic carbocycles. The number of rotatable bonds is 5. The molecule has 1 aromatic heterocycles. The van der Waals surface area contributed by atoms with Gasteiger partial charge in [0.15, 0.2) is 0 Å². The predicted molar refractivity (Wildman–Crippen MR) is 85.4 cm³/mol. The van der Waals surface area contributed by atoms with Crippen LogP contribution in [0.25, 0.3) is 10.9 Å². The molecule has 0 fully saturated rings. The van der Waals surface area contributed by atoms with Gasteiger partial charge >= 0.3 is 0 Å². The number of hydrogen-bond acceptors (Lipinski definition) is 3. The summed E-state index contributed by atoms with van der Waals surface area (Å²) in [5.74, 6) is 0. The predicted octanol–water partition coefficient (Wildman–Crippen LogP) is 3.69. The molecular formula is C15H20ClNO3S. The SMILES string of the molecule is COC(C)(C)CCn1c(C)c(S(=O)(=O)Cl)c2ccccc21. The number of nitrogens with zero attached hydrogens (tertiary/aromatic N) is 1. The minimum Gasteiger partial charge on any atom is -0.379 e. The van der Waals surface area contributed by atoms with Crippen molar-refractivity contribution in [3.05, 3.63) is 30.0 Å². The van der Waals surface area contributed by atoms with Crippen LogP contribution in [-0.2, 0) is 20.3 Å². The summed E-state index contributed by atoms with van der Waals surface area (Å²) < 4.78 is 31.2. The van der Waals surface area contributed by atoms with Crippen molar-refractivity contribution < 1.29 is 13.2 Å². The number of ether oxygens (including phenoxy) is 1. The molecule has 1 heterocycles. The molecule has 2 rings (SSSR count). The lowest BCUT2D eigenvalue weighted by atomic mass is 10.1. The zero-order valence-electron chi connectivity index (χ0n) is 12.7. The van der Waals surface area contributed by atoms with Crippen LogP contribution in [0, 0.1) is 6.92 Å². The van der Waals surface area contributed by atoms with Crippen LogP contribution in [0.1, 0.15) is 26.0 Å². The molecule has 4 nitrogen and oxygen atoms in total. The molecule has 0 spiro atoms. The summed E-state index contributed by atoms with van der Waals surface area (Å²) in [6.07, 6.45) is 0.769. The Balaban J connectivity index is 2.57. The number of benzene rings is 1. The summed E-state index contributed by atoms with van der Waals surface area (Å²) in [4.78, 5) is 0.204. The smallest absolute Gasteiger partial charge is 0.263 e. The number of fused-ring (bicyclic) bond motifs is 1. The maximum atomic E-state index is 11.9. The summed E-state index contributed by atoms with van der Waals surface area (Å²) in [7, 11) is 3.51. The molecule has 0 aliphatic heterocycles. The molecule has 0 N–H and O–H groups in total. The van der Waals surface area contributed by atoms with Crippen LogP contribution in [-0.4, -0.2) is 25.7 Å². The molecule has 116 valence electrons. The third-order valence-corrected chi connectivity index (χ3v) is 5.37. The lowest BCUT2D eigenvalue weighted by Gasteiger charge is -2.23. The van der Waals surface area contributed by atoms with Crippen molar-refractivity contribution in [3.63, 3.8) is 0 Å². The van der Waals surface area contributed by atoms with Gasteiger partial charge in [-0.15, -0.1) is 0 Å². The maximum absolute atomic E-state index is 11.9. The van der Waals surface area contributed by atoms with Gasteiger partial charge in [-0.1, -0.05) is 18.2 Å². The molecule has 0 unspecified atom stereocenters. The molecule has 1 aromatic carbocycles. The van der Waals surface area contributed by atoms with Gasteiger partial charge in [0.25, 0.3) is 9.05 Å². The maximum Gasteiger partial charge on any atom is 0.263 e. The van der Waals surface area contributed by atoms with Crippen molar-refractivity contribution in [2.75, 3.05) is 7.11 Å². The fraction of sp³-hybridized carbons (Fsp3) is 0.467. The van der Waals surface area contributed by atoms with Crippen LogP contribution >= 0.6 is 10.7 Å². The summed E-state index contributed by atoms with van der Waals surface area (Å²) >= 11 is 0. The van der Waals surface area contributed by atoms with Gasteiger partial charge in [-0.25, -0.2) is 8.42 Å². The minimum atomic E-state index is -3.78. The Morgan fingerprint density at radius 3 is 2.48 bits per heavy atom. The van der Waals surface area contributed by atoms with Crippen LogP contribution < -0.4 is 0 Å². The van der Waals surface area contributed by atoms with E-state index in [2.05, 4.69) is 0 Å². The van der Waals surface area contributed by atoms with Crippen LogP contribution in [0.4, 0.5) is 0 Å². The number of para-hydroxylation sites is 1. The second-order valence-corrected chi connectivity index (χ2v) is 8.24. The van der Waals surface area contributed by atoms with E-state index in [1.807, 2.05) is 36.6 Å². The highest BCUT2D eigenvalue weighted by Crippen LogP contribution is 2.32. The van der Waals surface area contributed by atoms with E-state index in [1.165, 1.54) is 0 Å². The molecule has 0 amide bonds. The Morgan fingerprint density at radius 1 is 1.29 bits per heavy atom. The molecule has 0 aliphatic rings. The largest absolute Gasteiger partial charge is 0.379 e. The summed E-state index contributed by atoms with van der Waals surface area (Å²) in [5.41, 5.74) is 1.27. The third kappa shape index (κ3) is 3.25. The summed E-state index contributed by atoms with van der Waals surface area (Å²) in [6, 6.07) is 7.41. The van der Waals surface area contributed by atoms with E-state index >= 15 is 0 Å². The standard InChI is InChI=1S/C15H20ClNO3S/c1-11-14(21(16,18)19)12-7-5-6-8-13(12)17(11)10-9-15(2,3)20-4/h5-8H,9-10H2,1-4H3. The Hall–Kier alpha value is -1.04. The molecule has 0 atom stereocenters. The second-order valence-electron chi connectivity index (χ2n) is 5.73. The lowest BCUT2D eigenvalue weighted by Crippen LogP contribution is -2.24. The van der Waals surface area contributed by atoms with Crippen molar-refractivity contribution >= 4 is 30.6 Å². The van der Waals surface area contributed by atoms with Crippen molar-refractivity contribution in [2.24, 2.45) is 0 Å². The molecule has 0 bridgehead atoms. The van der Waals surface area contributed by atoms with E-state index < -0.39 is 9.05 Å². The molecule has 0 radical (unpaired) electrons. The first-order chi connectivity index (χ1) is 9.67. The highest BCUT2D eigenvalue weighted by atomic mass is 35.7. The van der Waals surface area contributed by atoms with E-state index in [4.69, 9.17) is 15.4 Å². The average molecular weight is 330 g/mol. The highest BCUT2D eigenvalue weighted by molar-refractivity contribution is 8.14. The zero-order valence-corrected chi connectivity index (χ0v) is 14.3. The van der Waals surface area contributed by atoms with Crippen molar-refractivity contribution in [1.82, 2.24) is 4.57 Å². The van der Waals surface area contributed by atoms with Crippen molar-refractivity contribution in [2.45, 2.75) is 44.2 Å². The van der Waals surface area contributed by atoms with Gasteiger partial charge in [-0.05, 0) is 33.3 Å². The quantitative estimate of drug-likeness (QED) is 0.786. The van der Waals surface area contributed by atoms with Gasteiger partial charge in [-0.3, -0.25) is 0 Å². The number of aromatic nitrogens is 1. The topological polar surface area (TPSA) is 48.3 Å². The van der Waals surface area contributed by atoms with Gasteiger partial charge < -0.3 is 9.30 Å². The van der Waals surface area contributed by atoms with Crippen LogP contribution in [0.2, 0.25) is 0 Å². The van der Waals surface area contributed by atoms with E-state index in [1.54, 1.807) is 20.1 Å². The first-order valence-corrected chi connectivity index (χ1v) is 9.06. The zero-order chi connectivity index (χ0) is 15.8. The second kappa shape index (κ2) is 5.63. The van der Waals surface area contributed by atoms with Crippen molar-refractivity contribution in [3.8, 4) is 0 Å². The van der Waals surface area contributed by atoms with Gasteiger partial charge in [-0.2, -0.15) is 0 Å². The Labute approximate surface area is 130 Å². The summed E-state index contributed by atoms with van der Waals surface area (Å²) in [6.45, 7) is 6.47. The van der Waals surface area contributed by atoms with E-state index in [0.717, 1.165) is 11.9 Å². The number of aryl methyl sites for hydroxylation is 1. The van der Waals surface area contributed by atoms with Crippen molar-refractivity contribution in [1.29, 1.82) is 0 Å². The average Bonchev–Trinajstić information content (AvgIpc) is 2.68. The Bertz CT molecular complexity index is 763. The fourth-order valence-corrected chi connectivity index (χ4v) is 3.96. The van der Waals surface area contributed by atoms with E-state index in [0.29, 0.717) is 17.6 Å². The fourth-order valence-electron chi connectivity index (χ4n) is 2.48. The lowest BCUT2D eigenvalue weighted by molar-refractivity contribution is 0.0122. The van der Waals surface area contributed by atoms with Crippen LogP contribution in [0.5, 0.6) is 0 Å². The minimum absolute atomic E-state index is 0.204. The van der Waals surface area contributed by atoms with Gasteiger partial charge in [0.1, 0.15) is 4.90 Å². The molecule has 2 aromatic rings. The number of halogens is 1. The molecule has 0 saturated heterocycles. The molecule has 6 heteroatoms. The normalized spacial score (nSPS) is 13.0.